The first-order valence-corrected chi connectivity index (χ1v) is 5.88. The fourth-order valence-electron chi connectivity index (χ4n) is 1.20. The minimum absolute atomic E-state index is 0.0136. The van der Waals surface area contributed by atoms with E-state index in [1.165, 1.54) is 12.1 Å². The van der Waals surface area contributed by atoms with Crippen molar-refractivity contribution in [3.05, 3.63) is 22.4 Å². The number of Topliss-reactive ketones (excluding diaryl/α,β-unsaturated/α-hetero) is 1. The second-order valence-corrected chi connectivity index (χ2v) is 4.04. The molecule has 1 aromatic rings. The summed E-state index contributed by atoms with van der Waals surface area (Å²) in [6.45, 7) is 1.98. The predicted octanol–water partition coefficient (Wildman–Crippen LogP) is 2.08. The largest absolute Gasteiger partial charge is 0.506 e. The van der Waals surface area contributed by atoms with E-state index in [1.54, 1.807) is 6.92 Å². The predicted molar refractivity (Wildman–Crippen MR) is 63.8 cm³/mol. The lowest BCUT2D eigenvalue weighted by Crippen LogP contribution is -2.09. The molecule has 0 atom stereocenters. The lowest BCUT2D eigenvalue weighted by atomic mass is 10.1. The highest BCUT2D eigenvalue weighted by Gasteiger charge is 2.15. The Hall–Kier alpha value is -1.43. The van der Waals surface area contributed by atoms with Crippen molar-refractivity contribution in [2.75, 3.05) is 6.61 Å². The number of aromatic hydroxyl groups is 1. The quantitative estimate of drug-likeness (QED) is 0.512. The van der Waals surface area contributed by atoms with Crippen LogP contribution in [0.1, 0.15) is 30.3 Å². The molecule has 0 radical (unpaired) electrons. The van der Waals surface area contributed by atoms with Gasteiger partial charge < -0.3 is 9.84 Å². The molecule has 0 saturated heterocycles. The summed E-state index contributed by atoms with van der Waals surface area (Å²) in [7, 11) is 0. The van der Waals surface area contributed by atoms with E-state index in [9.17, 15) is 14.7 Å². The molecule has 6 heteroatoms. The van der Waals surface area contributed by atoms with Gasteiger partial charge in [-0.15, -0.1) is 0 Å². The van der Waals surface area contributed by atoms with Gasteiger partial charge >= 0.3 is 5.97 Å². The molecule has 0 spiro atoms. The number of aromatic nitrogens is 1. The van der Waals surface area contributed by atoms with Crippen LogP contribution in [0.4, 0.5) is 0 Å². The highest BCUT2D eigenvalue weighted by molar-refractivity contribution is 9.10. The molecule has 92 valence electrons. The van der Waals surface area contributed by atoms with E-state index in [-0.39, 0.29) is 30.9 Å². The van der Waals surface area contributed by atoms with Crippen LogP contribution in [-0.2, 0) is 9.53 Å². The Labute approximate surface area is 107 Å². The molecule has 0 aliphatic heterocycles. The number of halogens is 1. The Balaban J connectivity index is 2.64. The molecule has 0 unspecified atom stereocenters. The molecular weight excluding hydrogens is 290 g/mol. The number of carbonyl (C=O) groups excluding carboxylic acids is 2. The molecule has 17 heavy (non-hydrogen) atoms. The molecule has 1 rings (SSSR count). The van der Waals surface area contributed by atoms with Crippen molar-refractivity contribution in [3.8, 4) is 5.75 Å². The number of hydrogen-bond acceptors (Lipinski definition) is 5. The molecule has 1 N–H and O–H groups in total. The summed E-state index contributed by atoms with van der Waals surface area (Å²) in [4.78, 5) is 26.6. The van der Waals surface area contributed by atoms with E-state index in [1.807, 2.05) is 0 Å². The molecule has 0 fully saturated rings. The van der Waals surface area contributed by atoms with E-state index in [0.717, 1.165) is 0 Å². The van der Waals surface area contributed by atoms with Crippen LogP contribution in [0.2, 0.25) is 0 Å². The van der Waals surface area contributed by atoms with E-state index in [0.29, 0.717) is 4.60 Å². The van der Waals surface area contributed by atoms with Crippen molar-refractivity contribution in [3.63, 3.8) is 0 Å². The van der Waals surface area contributed by atoms with Gasteiger partial charge in [-0.1, -0.05) is 0 Å². The van der Waals surface area contributed by atoms with E-state index < -0.39 is 11.8 Å². The number of rotatable bonds is 5. The fourth-order valence-corrected chi connectivity index (χ4v) is 1.51. The van der Waals surface area contributed by atoms with Crippen molar-refractivity contribution < 1.29 is 19.4 Å². The standard InChI is InChI=1S/C11H12BrNO4/c1-2-17-10(16)6-4-8(15)11-7(14)3-5-9(12)13-11/h3,5,14H,2,4,6H2,1H3. The minimum Gasteiger partial charge on any atom is -0.506 e. The molecule has 5 nitrogen and oxygen atoms in total. The molecule has 1 aromatic heterocycles. The van der Waals surface area contributed by atoms with Gasteiger partial charge in [-0.25, -0.2) is 4.98 Å². The van der Waals surface area contributed by atoms with Gasteiger partial charge in [0.25, 0.3) is 0 Å². The number of nitrogens with zero attached hydrogens (tertiary/aromatic N) is 1. The third kappa shape index (κ3) is 4.14. The first-order valence-electron chi connectivity index (χ1n) is 5.09. The summed E-state index contributed by atoms with van der Waals surface area (Å²) in [5, 5.41) is 9.45. The summed E-state index contributed by atoms with van der Waals surface area (Å²) in [5.41, 5.74) is -0.0383. The van der Waals surface area contributed by atoms with Crippen molar-refractivity contribution in [1.29, 1.82) is 0 Å². The molecular formula is C11H12BrNO4. The number of ether oxygens (including phenoxy) is 1. The number of pyridine rings is 1. The van der Waals surface area contributed by atoms with Gasteiger partial charge in [0, 0.05) is 6.42 Å². The van der Waals surface area contributed by atoms with E-state index >= 15 is 0 Å². The maximum atomic E-state index is 11.7. The molecule has 0 aliphatic carbocycles. The molecule has 0 saturated carbocycles. The van der Waals surface area contributed by atoms with Crippen LogP contribution >= 0.6 is 15.9 Å². The van der Waals surface area contributed by atoms with Crippen molar-refractivity contribution in [1.82, 2.24) is 4.98 Å². The van der Waals surface area contributed by atoms with Crippen LogP contribution in [0.15, 0.2) is 16.7 Å². The average Bonchev–Trinajstić information content (AvgIpc) is 2.29. The minimum atomic E-state index is -0.435. The number of esters is 1. The second kappa shape index (κ2) is 6.34. The van der Waals surface area contributed by atoms with Gasteiger partial charge in [-0.05, 0) is 35.0 Å². The zero-order chi connectivity index (χ0) is 12.8. The molecule has 1 heterocycles. The van der Waals surface area contributed by atoms with Gasteiger partial charge in [0.15, 0.2) is 5.78 Å². The summed E-state index contributed by atoms with van der Waals surface area (Å²) in [5.74, 6) is -1.02. The van der Waals surface area contributed by atoms with Crippen molar-refractivity contribution in [2.24, 2.45) is 0 Å². The van der Waals surface area contributed by atoms with Gasteiger partial charge in [-0.3, -0.25) is 9.59 Å². The lowest BCUT2D eigenvalue weighted by molar-refractivity contribution is -0.143. The van der Waals surface area contributed by atoms with Crippen LogP contribution in [0.5, 0.6) is 5.75 Å². The maximum absolute atomic E-state index is 11.7. The summed E-state index contributed by atoms with van der Waals surface area (Å²) >= 11 is 3.10. The topological polar surface area (TPSA) is 76.5 Å². The van der Waals surface area contributed by atoms with Gasteiger partial charge in [0.2, 0.25) is 0 Å². The average molecular weight is 302 g/mol. The van der Waals surface area contributed by atoms with Crippen LogP contribution in [-0.4, -0.2) is 28.4 Å². The van der Waals surface area contributed by atoms with Crippen molar-refractivity contribution in [2.45, 2.75) is 19.8 Å². The smallest absolute Gasteiger partial charge is 0.306 e. The van der Waals surface area contributed by atoms with E-state index in [4.69, 9.17) is 4.74 Å². The Morgan fingerprint density at radius 1 is 1.41 bits per heavy atom. The first-order chi connectivity index (χ1) is 8.04. The molecule has 0 aliphatic rings. The fraction of sp³-hybridized carbons (Fsp3) is 0.364. The number of hydrogen-bond donors (Lipinski definition) is 1. The Morgan fingerprint density at radius 3 is 2.76 bits per heavy atom. The number of ketones is 1. The van der Waals surface area contributed by atoms with Gasteiger partial charge in [0.05, 0.1) is 13.0 Å². The summed E-state index contributed by atoms with van der Waals surface area (Å²) in [6, 6.07) is 2.89. The van der Waals surface area contributed by atoms with E-state index in [2.05, 4.69) is 20.9 Å². The monoisotopic (exact) mass is 301 g/mol. The third-order valence-corrected chi connectivity index (χ3v) is 2.41. The Kier molecular flexibility index (Phi) is 5.09. The van der Waals surface area contributed by atoms with Crippen LogP contribution in [0.25, 0.3) is 0 Å². The highest BCUT2D eigenvalue weighted by Crippen LogP contribution is 2.19. The lowest BCUT2D eigenvalue weighted by Gasteiger charge is -2.03. The van der Waals surface area contributed by atoms with Crippen molar-refractivity contribution >= 4 is 27.7 Å². The number of carbonyl (C=O) groups is 2. The van der Waals surface area contributed by atoms with Gasteiger partial charge in [0.1, 0.15) is 16.0 Å². The maximum Gasteiger partial charge on any atom is 0.306 e. The van der Waals surface area contributed by atoms with Crippen LogP contribution < -0.4 is 0 Å². The zero-order valence-electron chi connectivity index (χ0n) is 9.27. The SMILES string of the molecule is CCOC(=O)CCC(=O)c1nc(Br)ccc1O. The van der Waals surface area contributed by atoms with Gasteiger partial charge in [-0.2, -0.15) is 0 Å². The second-order valence-electron chi connectivity index (χ2n) is 3.23. The molecule has 0 amide bonds. The third-order valence-electron chi connectivity index (χ3n) is 1.97. The summed E-state index contributed by atoms with van der Waals surface area (Å²) < 4.78 is 5.15. The first kappa shape index (κ1) is 13.6. The highest BCUT2D eigenvalue weighted by atomic mass is 79.9. The van der Waals surface area contributed by atoms with Crippen LogP contribution in [0.3, 0.4) is 0 Å². The Bertz CT molecular complexity index is 433. The van der Waals surface area contributed by atoms with Crippen LogP contribution in [0, 0.1) is 0 Å². The molecule has 0 bridgehead atoms. The summed E-state index contributed by atoms with van der Waals surface area (Å²) in [6.07, 6.45) is -0.0455. The Morgan fingerprint density at radius 2 is 2.12 bits per heavy atom. The normalized spacial score (nSPS) is 10.0. The molecule has 0 aromatic carbocycles. The zero-order valence-corrected chi connectivity index (χ0v) is 10.9.